The fourth-order valence-electron chi connectivity index (χ4n) is 1.83. The molecular weight excluding hydrogens is 246 g/mol. The van der Waals surface area contributed by atoms with Gasteiger partial charge in [-0.1, -0.05) is 24.4 Å². The van der Waals surface area contributed by atoms with Gasteiger partial charge in [0.25, 0.3) is 0 Å². The summed E-state index contributed by atoms with van der Waals surface area (Å²) in [7, 11) is 0. The molecule has 1 N–H and O–H groups in total. The average molecular weight is 258 g/mol. The second-order valence-corrected chi connectivity index (χ2v) is 5.49. The van der Waals surface area contributed by atoms with E-state index in [1.807, 2.05) is 0 Å². The molecule has 86 valence electrons. The van der Waals surface area contributed by atoms with Crippen LogP contribution in [0.15, 0.2) is 17.2 Å². The highest BCUT2D eigenvalue weighted by Crippen LogP contribution is 2.35. The van der Waals surface area contributed by atoms with Gasteiger partial charge in [-0.25, -0.2) is 9.78 Å². The molecule has 0 unspecified atom stereocenters. The predicted octanol–water partition coefficient (Wildman–Crippen LogP) is 3.47. The lowest BCUT2D eigenvalue weighted by Crippen LogP contribution is -2.04. The van der Waals surface area contributed by atoms with Crippen LogP contribution in [0.3, 0.4) is 0 Å². The van der Waals surface area contributed by atoms with Gasteiger partial charge in [-0.3, -0.25) is 0 Å². The van der Waals surface area contributed by atoms with Gasteiger partial charge in [0.05, 0.1) is 5.56 Å². The van der Waals surface area contributed by atoms with E-state index in [9.17, 15) is 4.79 Å². The smallest absolute Gasteiger partial charge is 0.338 e. The molecule has 0 aromatic carbocycles. The molecule has 0 aliphatic heterocycles. The van der Waals surface area contributed by atoms with Gasteiger partial charge >= 0.3 is 5.97 Å². The van der Waals surface area contributed by atoms with Crippen LogP contribution in [0, 0.1) is 0 Å². The molecule has 1 saturated carbocycles. The number of carbonyl (C=O) groups is 1. The van der Waals surface area contributed by atoms with Crippen molar-refractivity contribution in [3.63, 3.8) is 0 Å². The van der Waals surface area contributed by atoms with Crippen molar-refractivity contribution >= 4 is 29.3 Å². The van der Waals surface area contributed by atoms with Crippen LogP contribution < -0.4 is 0 Å². The van der Waals surface area contributed by atoms with E-state index >= 15 is 0 Å². The molecule has 2 rings (SSSR count). The molecule has 1 heterocycles. The van der Waals surface area contributed by atoms with Crippen molar-refractivity contribution in [3.05, 3.63) is 22.8 Å². The Labute approximate surface area is 103 Å². The Morgan fingerprint density at radius 2 is 2.12 bits per heavy atom. The van der Waals surface area contributed by atoms with Crippen LogP contribution in [-0.2, 0) is 0 Å². The van der Waals surface area contributed by atoms with Crippen molar-refractivity contribution in [2.45, 2.75) is 36.0 Å². The summed E-state index contributed by atoms with van der Waals surface area (Å²) in [5.74, 6) is -0.940. The number of carboxylic acid groups (broad SMARTS) is 1. The molecule has 16 heavy (non-hydrogen) atoms. The Hall–Kier alpha value is -0.740. The van der Waals surface area contributed by atoms with Crippen LogP contribution >= 0.6 is 23.4 Å². The highest BCUT2D eigenvalue weighted by molar-refractivity contribution is 7.99. The lowest BCUT2D eigenvalue weighted by molar-refractivity contribution is 0.0692. The summed E-state index contributed by atoms with van der Waals surface area (Å²) < 4.78 is 0. The fraction of sp³-hybridized carbons (Fsp3) is 0.455. The van der Waals surface area contributed by atoms with Crippen LogP contribution in [0.1, 0.15) is 36.0 Å². The molecule has 0 amide bonds. The number of pyridine rings is 1. The topological polar surface area (TPSA) is 50.2 Å². The minimum atomic E-state index is -0.940. The average Bonchev–Trinajstić information content (AvgIpc) is 2.70. The maximum Gasteiger partial charge on any atom is 0.338 e. The predicted molar refractivity (Wildman–Crippen MR) is 64.3 cm³/mol. The number of thioether (sulfide) groups is 1. The van der Waals surface area contributed by atoms with Crippen molar-refractivity contribution in [2.24, 2.45) is 0 Å². The zero-order valence-electron chi connectivity index (χ0n) is 8.65. The Balaban J connectivity index is 2.22. The molecule has 1 fully saturated rings. The number of hydrogen-bond acceptors (Lipinski definition) is 3. The van der Waals surface area contributed by atoms with E-state index in [4.69, 9.17) is 16.7 Å². The van der Waals surface area contributed by atoms with Crippen molar-refractivity contribution in [1.29, 1.82) is 0 Å². The number of carboxylic acids is 1. The van der Waals surface area contributed by atoms with Gasteiger partial charge in [0, 0.05) is 5.25 Å². The third-order valence-electron chi connectivity index (χ3n) is 2.64. The fourth-order valence-corrected chi connectivity index (χ4v) is 3.35. The van der Waals surface area contributed by atoms with Crippen LogP contribution in [0.2, 0.25) is 5.15 Å². The molecule has 1 aromatic rings. The lowest BCUT2D eigenvalue weighted by Gasteiger charge is -2.10. The largest absolute Gasteiger partial charge is 0.478 e. The first-order valence-electron chi connectivity index (χ1n) is 5.23. The van der Waals surface area contributed by atoms with Gasteiger partial charge in [0.1, 0.15) is 10.2 Å². The number of aromatic carboxylic acids is 1. The molecule has 0 bridgehead atoms. The monoisotopic (exact) mass is 257 g/mol. The van der Waals surface area contributed by atoms with Crippen LogP contribution in [0.4, 0.5) is 0 Å². The maximum absolute atomic E-state index is 11.0. The number of halogens is 1. The minimum absolute atomic E-state index is 0.251. The van der Waals surface area contributed by atoms with Gasteiger partial charge in [0.15, 0.2) is 0 Å². The first kappa shape index (κ1) is 11.7. The van der Waals surface area contributed by atoms with Crippen molar-refractivity contribution in [1.82, 2.24) is 4.98 Å². The van der Waals surface area contributed by atoms with Crippen LogP contribution in [-0.4, -0.2) is 21.3 Å². The van der Waals surface area contributed by atoms with E-state index in [1.54, 1.807) is 11.8 Å². The van der Waals surface area contributed by atoms with Crippen LogP contribution in [0.5, 0.6) is 0 Å². The molecule has 0 radical (unpaired) electrons. The van der Waals surface area contributed by atoms with Gasteiger partial charge in [-0.15, -0.1) is 11.8 Å². The second kappa shape index (κ2) is 5.06. The number of rotatable bonds is 3. The number of hydrogen-bond donors (Lipinski definition) is 1. The lowest BCUT2D eigenvalue weighted by atomic mass is 10.3. The van der Waals surface area contributed by atoms with Crippen molar-refractivity contribution in [2.75, 3.05) is 0 Å². The van der Waals surface area contributed by atoms with Crippen LogP contribution in [0.25, 0.3) is 0 Å². The number of aromatic nitrogens is 1. The minimum Gasteiger partial charge on any atom is -0.478 e. The molecule has 1 aliphatic carbocycles. The van der Waals surface area contributed by atoms with Gasteiger partial charge in [0.2, 0.25) is 0 Å². The standard InChI is InChI=1S/C11H12ClNO2S/c12-9-6-5-8(11(14)15)10(13-9)16-7-3-1-2-4-7/h5-7H,1-4H2,(H,14,15). The summed E-state index contributed by atoms with van der Waals surface area (Å²) >= 11 is 7.33. The Kier molecular flexibility index (Phi) is 3.71. The normalized spacial score (nSPS) is 16.6. The molecule has 0 saturated heterocycles. The summed E-state index contributed by atoms with van der Waals surface area (Å²) in [6, 6.07) is 3.04. The summed E-state index contributed by atoms with van der Waals surface area (Å²) in [6.45, 7) is 0. The van der Waals surface area contributed by atoms with Gasteiger partial charge < -0.3 is 5.11 Å². The molecule has 1 aromatic heterocycles. The molecule has 5 heteroatoms. The van der Waals surface area contributed by atoms with E-state index < -0.39 is 5.97 Å². The first-order valence-corrected chi connectivity index (χ1v) is 6.49. The molecule has 0 atom stereocenters. The summed E-state index contributed by atoms with van der Waals surface area (Å²) in [6.07, 6.45) is 4.72. The molecular formula is C11H12ClNO2S. The first-order chi connectivity index (χ1) is 7.66. The van der Waals surface area contributed by atoms with Gasteiger partial charge in [-0.05, 0) is 25.0 Å². The van der Waals surface area contributed by atoms with Gasteiger partial charge in [-0.2, -0.15) is 0 Å². The van der Waals surface area contributed by atoms with E-state index in [2.05, 4.69) is 4.98 Å². The molecule has 3 nitrogen and oxygen atoms in total. The molecule has 1 aliphatic rings. The quantitative estimate of drug-likeness (QED) is 0.843. The van der Waals surface area contributed by atoms with E-state index in [1.165, 1.54) is 25.0 Å². The van der Waals surface area contributed by atoms with E-state index in [-0.39, 0.29) is 5.56 Å². The van der Waals surface area contributed by atoms with E-state index in [0.29, 0.717) is 15.4 Å². The summed E-state index contributed by atoms with van der Waals surface area (Å²) in [5, 5.41) is 10.4. The van der Waals surface area contributed by atoms with Crippen molar-refractivity contribution < 1.29 is 9.90 Å². The Morgan fingerprint density at radius 1 is 1.44 bits per heavy atom. The van der Waals surface area contributed by atoms with Crippen molar-refractivity contribution in [3.8, 4) is 0 Å². The SMILES string of the molecule is O=C(O)c1ccc(Cl)nc1SC1CCCC1. The zero-order chi connectivity index (χ0) is 11.5. The van der Waals surface area contributed by atoms with E-state index in [0.717, 1.165) is 12.8 Å². The summed E-state index contributed by atoms with van der Waals surface area (Å²) in [4.78, 5) is 15.1. The second-order valence-electron chi connectivity index (χ2n) is 3.82. The highest BCUT2D eigenvalue weighted by Gasteiger charge is 2.20. The maximum atomic E-state index is 11.0. The third kappa shape index (κ3) is 2.68. The Bertz CT molecular complexity index is 405. The third-order valence-corrected chi connectivity index (χ3v) is 4.19. The highest BCUT2D eigenvalue weighted by atomic mass is 35.5. The summed E-state index contributed by atoms with van der Waals surface area (Å²) in [5.41, 5.74) is 0.251. The Morgan fingerprint density at radius 3 is 2.75 bits per heavy atom. The zero-order valence-corrected chi connectivity index (χ0v) is 10.2. The molecule has 0 spiro atoms. The number of nitrogens with zero attached hydrogens (tertiary/aromatic N) is 1.